The number of hydrogen-bond acceptors (Lipinski definition) is 9. The van der Waals surface area contributed by atoms with Gasteiger partial charge in [-0.15, -0.1) is 0 Å². The molecule has 4 N–H and O–H groups in total. The van der Waals surface area contributed by atoms with E-state index >= 15 is 0 Å². The fraction of sp³-hybridized carbons (Fsp3) is 0.825. The highest BCUT2D eigenvalue weighted by Gasteiger charge is 2.28. The Hall–Kier alpha value is -2.04. The van der Waals surface area contributed by atoms with Crippen molar-refractivity contribution in [2.45, 2.75) is 193 Å². The van der Waals surface area contributed by atoms with Crippen LogP contribution in [0.1, 0.15) is 181 Å². The molecule has 0 bridgehead atoms. The first-order chi connectivity index (χ1) is 25.1. The monoisotopic (exact) mass is 760 g/mol. The van der Waals surface area contributed by atoms with Crippen molar-refractivity contribution >= 4 is 25.7 Å². The number of carboxylic acids is 1. The highest BCUT2D eigenvalue weighted by Crippen LogP contribution is 2.43. The Kier molecular flexibility index (Phi) is 34.6. The second-order valence-corrected chi connectivity index (χ2v) is 15.2. The highest BCUT2D eigenvalue weighted by atomic mass is 31.2. The zero-order valence-corrected chi connectivity index (χ0v) is 33.5. The quantitative estimate of drug-likeness (QED) is 0.0237. The number of phosphoric acid groups is 1. The van der Waals surface area contributed by atoms with Gasteiger partial charge in [-0.3, -0.25) is 23.4 Å². The van der Waals surface area contributed by atoms with Gasteiger partial charge >= 0.3 is 25.7 Å². The molecule has 0 aliphatic rings. The predicted molar refractivity (Wildman–Crippen MR) is 208 cm³/mol. The van der Waals surface area contributed by atoms with E-state index in [1.165, 1.54) is 77.0 Å². The normalized spacial score (nSPS) is 14.1. The van der Waals surface area contributed by atoms with E-state index < -0.39 is 51.1 Å². The number of rotatable bonds is 38. The second kappa shape index (κ2) is 36.0. The van der Waals surface area contributed by atoms with Crippen molar-refractivity contribution < 1.29 is 47.5 Å². The maximum atomic E-state index is 12.5. The van der Waals surface area contributed by atoms with Gasteiger partial charge in [-0.2, -0.15) is 0 Å². The van der Waals surface area contributed by atoms with Crippen LogP contribution in [0.3, 0.4) is 0 Å². The molecule has 12 heteroatoms. The molecule has 0 aromatic carbocycles. The van der Waals surface area contributed by atoms with Gasteiger partial charge < -0.3 is 25.2 Å². The van der Waals surface area contributed by atoms with Crippen molar-refractivity contribution in [3.63, 3.8) is 0 Å². The summed E-state index contributed by atoms with van der Waals surface area (Å²) in [5.74, 6) is -2.39. The van der Waals surface area contributed by atoms with E-state index in [4.69, 9.17) is 24.8 Å². The van der Waals surface area contributed by atoms with Crippen LogP contribution in [-0.4, -0.2) is 59.9 Å². The van der Waals surface area contributed by atoms with E-state index in [1.807, 2.05) is 0 Å². The lowest BCUT2D eigenvalue weighted by atomic mass is 10.1. The van der Waals surface area contributed by atoms with E-state index in [2.05, 4.69) is 42.7 Å². The van der Waals surface area contributed by atoms with Crippen LogP contribution in [0, 0.1) is 0 Å². The van der Waals surface area contributed by atoms with E-state index in [0.29, 0.717) is 12.8 Å². The Morgan fingerprint density at radius 1 is 0.577 bits per heavy atom. The standard InChI is InChI=1S/C40H74NO10P/c1-3-5-7-9-11-13-15-16-17-18-19-20-22-23-25-27-29-31-38(42)48-33-36(34-49-52(46,47)50-35-37(41)40(44)45)51-39(43)32-30-28-26-24-21-14-12-10-8-6-4-2/h10,12,16-17,36-37H,3-9,11,13-15,18-35,41H2,1-2H3,(H,44,45)(H,46,47)/b12-10+,17-16+/t36-,37+/m0/s1. The Bertz CT molecular complexity index is 989. The van der Waals surface area contributed by atoms with Gasteiger partial charge in [-0.25, -0.2) is 4.57 Å². The largest absolute Gasteiger partial charge is 0.480 e. The van der Waals surface area contributed by atoms with E-state index in [1.54, 1.807) is 0 Å². The maximum absolute atomic E-state index is 12.5. The molecule has 304 valence electrons. The number of carboxylic acid groups (broad SMARTS) is 1. The molecular weight excluding hydrogens is 685 g/mol. The van der Waals surface area contributed by atoms with Crippen molar-refractivity contribution in [2.24, 2.45) is 5.73 Å². The van der Waals surface area contributed by atoms with Crippen molar-refractivity contribution in [3.05, 3.63) is 24.3 Å². The van der Waals surface area contributed by atoms with E-state index in [-0.39, 0.29) is 19.4 Å². The van der Waals surface area contributed by atoms with Gasteiger partial charge in [0.05, 0.1) is 13.2 Å². The van der Waals surface area contributed by atoms with Gasteiger partial charge in [0, 0.05) is 12.8 Å². The minimum atomic E-state index is -4.71. The van der Waals surface area contributed by atoms with Crippen molar-refractivity contribution in [2.75, 3.05) is 19.8 Å². The third-order valence-corrected chi connectivity index (χ3v) is 9.62. The van der Waals surface area contributed by atoms with Crippen LogP contribution >= 0.6 is 7.82 Å². The molecule has 0 saturated heterocycles. The lowest BCUT2D eigenvalue weighted by molar-refractivity contribution is -0.161. The summed E-state index contributed by atoms with van der Waals surface area (Å²) in [5, 5.41) is 8.86. The van der Waals surface area contributed by atoms with Crippen LogP contribution in [0.4, 0.5) is 0 Å². The van der Waals surface area contributed by atoms with E-state index in [9.17, 15) is 23.8 Å². The summed E-state index contributed by atoms with van der Waals surface area (Å²) in [6.45, 7) is 2.74. The number of hydrogen-bond donors (Lipinski definition) is 3. The van der Waals surface area contributed by atoms with Gasteiger partial charge in [-0.05, 0) is 57.8 Å². The molecule has 52 heavy (non-hydrogen) atoms. The molecule has 0 heterocycles. The van der Waals surface area contributed by atoms with Crippen LogP contribution in [-0.2, 0) is 37.5 Å². The van der Waals surface area contributed by atoms with Gasteiger partial charge in [0.2, 0.25) is 0 Å². The molecule has 0 aromatic rings. The van der Waals surface area contributed by atoms with Crippen molar-refractivity contribution in [1.82, 2.24) is 0 Å². The average Bonchev–Trinajstić information content (AvgIpc) is 3.12. The average molecular weight is 760 g/mol. The van der Waals surface area contributed by atoms with Gasteiger partial charge in [0.25, 0.3) is 0 Å². The topological polar surface area (TPSA) is 172 Å². The molecule has 0 spiro atoms. The van der Waals surface area contributed by atoms with Crippen molar-refractivity contribution in [3.8, 4) is 0 Å². The molecule has 3 atom stereocenters. The minimum absolute atomic E-state index is 0.151. The third-order valence-electron chi connectivity index (χ3n) is 8.67. The number of allylic oxidation sites excluding steroid dienone is 4. The minimum Gasteiger partial charge on any atom is -0.480 e. The van der Waals surface area contributed by atoms with Gasteiger partial charge in [-0.1, -0.05) is 134 Å². The molecule has 0 amide bonds. The molecule has 0 aliphatic heterocycles. The first-order valence-electron chi connectivity index (χ1n) is 20.4. The predicted octanol–water partition coefficient (Wildman–Crippen LogP) is 10.3. The van der Waals surface area contributed by atoms with Crippen LogP contribution in [0.25, 0.3) is 0 Å². The summed E-state index contributed by atoms with van der Waals surface area (Å²) in [4.78, 5) is 45.8. The maximum Gasteiger partial charge on any atom is 0.472 e. The molecule has 0 fully saturated rings. The Labute approximate surface area is 315 Å². The highest BCUT2D eigenvalue weighted by molar-refractivity contribution is 7.47. The molecule has 0 aliphatic carbocycles. The third kappa shape index (κ3) is 35.0. The Morgan fingerprint density at radius 3 is 1.46 bits per heavy atom. The van der Waals surface area contributed by atoms with Gasteiger partial charge in [0.15, 0.2) is 6.10 Å². The van der Waals surface area contributed by atoms with Crippen LogP contribution < -0.4 is 5.73 Å². The molecule has 1 unspecified atom stereocenters. The first kappa shape index (κ1) is 50.0. The SMILES string of the molecule is CCCC/C=C/CCCCCCCC(=O)O[C@@H](COC(=O)CCCCCCCCC/C=C/CCCCCCCC)COP(=O)(O)OC[C@@H](N)C(=O)O. The van der Waals surface area contributed by atoms with Crippen LogP contribution in [0.5, 0.6) is 0 Å². The number of nitrogens with two attached hydrogens (primary N) is 1. The Morgan fingerprint density at radius 2 is 0.981 bits per heavy atom. The van der Waals surface area contributed by atoms with Crippen molar-refractivity contribution in [1.29, 1.82) is 0 Å². The molecule has 0 radical (unpaired) electrons. The molecule has 0 aromatic heterocycles. The summed E-state index contributed by atoms with van der Waals surface area (Å²) in [5.41, 5.74) is 5.32. The van der Waals surface area contributed by atoms with E-state index in [0.717, 1.165) is 64.2 Å². The van der Waals surface area contributed by atoms with Crippen LogP contribution in [0.15, 0.2) is 24.3 Å². The summed E-state index contributed by atoms with van der Waals surface area (Å²) >= 11 is 0. The first-order valence-corrected chi connectivity index (χ1v) is 21.9. The molecule has 0 saturated carbocycles. The molecule has 11 nitrogen and oxygen atoms in total. The number of esters is 2. The molecular formula is C40H74NO10P. The lowest BCUT2D eigenvalue weighted by Crippen LogP contribution is -2.34. The zero-order valence-electron chi connectivity index (χ0n) is 32.7. The summed E-state index contributed by atoms with van der Waals surface area (Å²) in [6.07, 6.45) is 35.3. The lowest BCUT2D eigenvalue weighted by Gasteiger charge is -2.20. The Balaban J connectivity index is 4.36. The number of carbonyl (C=O) groups is 3. The zero-order chi connectivity index (χ0) is 38.5. The summed E-state index contributed by atoms with van der Waals surface area (Å²) in [6, 6.07) is -1.52. The number of unbranched alkanes of at least 4 members (excludes halogenated alkanes) is 20. The molecule has 0 rings (SSSR count). The number of ether oxygens (including phenoxy) is 2. The summed E-state index contributed by atoms with van der Waals surface area (Å²) < 4.78 is 32.6. The fourth-order valence-corrected chi connectivity index (χ4v) is 6.17. The van der Waals surface area contributed by atoms with Crippen LogP contribution in [0.2, 0.25) is 0 Å². The fourth-order valence-electron chi connectivity index (χ4n) is 5.39. The van der Waals surface area contributed by atoms with Gasteiger partial charge in [0.1, 0.15) is 12.6 Å². The second-order valence-electron chi connectivity index (χ2n) is 13.8. The smallest absolute Gasteiger partial charge is 0.472 e. The summed E-state index contributed by atoms with van der Waals surface area (Å²) in [7, 11) is -4.71. The number of phosphoric ester groups is 1. The number of aliphatic carboxylic acids is 1. The number of carbonyl (C=O) groups excluding carboxylic acids is 2.